The second-order valence-electron chi connectivity index (χ2n) is 7.93. The number of hydrogen-bond acceptors (Lipinski definition) is 7. The molecule has 2 aliphatic rings. The van der Waals surface area contributed by atoms with Gasteiger partial charge in [0.15, 0.2) is 17.3 Å². The number of nitrogens with zero attached hydrogens (tertiary/aromatic N) is 1. The third-order valence-corrected chi connectivity index (χ3v) is 5.69. The maximum Gasteiger partial charge on any atom is 0.391 e. The smallest absolute Gasteiger partial charge is 0.391 e. The maximum absolute atomic E-state index is 13.4. The summed E-state index contributed by atoms with van der Waals surface area (Å²) in [6, 6.07) is 1.77. The molecule has 33 heavy (non-hydrogen) atoms. The Labute approximate surface area is 190 Å². The largest absolute Gasteiger partial charge is 0.493 e. The van der Waals surface area contributed by atoms with E-state index in [1.807, 2.05) is 0 Å². The molecular weight excluding hydrogens is 443 g/mol. The predicted molar refractivity (Wildman–Crippen MR) is 112 cm³/mol. The number of carbonyl (C=O) groups excluding carboxylic acids is 2. The SMILES string of the molecule is CCOC(=O)C1=CN2C(CC(F)(F)F)Cc3cc(OCCCOC)c(OC)cc3C2CC1=O. The van der Waals surface area contributed by atoms with E-state index >= 15 is 0 Å². The Bertz CT molecular complexity index is 914. The highest BCUT2D eigenvalue weighted by atomic mass is 19.4. The molecule has 0 saturated heterocycles. The Morgan fingerprint density at radius 3 is 2.55 bits per heavy atom. The molecule has 2 aliphatic heterocycles. The van der Waals surface area contributed by atoms with Crippen molar-refractivity contribution in [3.8, 4) is 11.5 Å². The zero-order valence-electron chi connectivity index (χ0n) is 18.9. The molecule has 0 spiro atoms. The number of ether oxygens (including phenoxy) is 4. The number of halogens is 3. The van der Waals surface area contributed by atoms with Crippen LogP contribution in [0.2, 0.25) is 0 Å². The first-order valence-electron chi connectivity index (χ1n) is 10.8. The topological polar surface area (TPSA) is 74.3 Å². The van der Waals surface area contributed by atoms with E-state index in [1.54, 1.807) is 26.2 Å². The van der Waals surface area contributed by atoms with Crippen molar-refractivity contribution in [3.05, 3.63) is 35.0 Å². The number of carbonyl (C=O) groups is 2. The van der Waals surface area contributed by atoms with E-state index in [-0.39, 0.29) is 25.0 Å². The first kappa shape index (κ1) is 24.9. The molecular formula is C23H28F3NO6. The Balaban J connectivity index is 2.00. The maximum atomic E-state index is 13.4. The van der Waals surface area contributed by atoms with Gasteiger partial charge in [-0.25, -0.2) is 4.79 Å². The minimum Gasteiger partial charge on any atom is -0.493 e. The standard InChI is InChI=1S/C23H28F3NO6/c1-4-32-22(29)17-13-27-15(12-23(24,25)26)8-14-9-21(33-7-5-6-30-2)20(31-3)10-16(14)18(27)11-19(17)28/h9-10,13,15,18H,4-8,11-12H2,1-3H3. The zero-order chi connectivity index (χ0) is 24.2. The van der Waals surface area contributed by atoms with Gasteiger partial charge in [0, 0.05) is 38.8 Å². The molecule has 0 aromatic heterocycles. The number of alkyl halides is 3. The van der Waals surface area contributed by atoms with Crippen LogP contribution < -0.4 is 9.47 Å². The van der Waals surface area contributed by atoms with Crippen LogP contribution in [0.1, 0.15) is 43.4 Å². The van der Waals surface area contributed by atoms with E-state index in [1.165, 1.54) is 18.2 Å². The summed E-state index contributed by atoms with van der Waals surface area (Å²) < 4.78 is 61.4. The average Bonchev–Trinajstić information content (AvgIpc) is 2.75. The second-order valence-corrected chi connectivity index (χ2v) is 7.93. The summed E-state index contributed by atoms with van der Waals surface area (Å²) in [5.41, 5.74) is 1.12. The normalized spacial score (nSPS) is 20.0. The third-order valence-electron chi connectivity index (χ3n) is 5.69. The molecule has 0 saturated carbocycles. The van der Waals surface area contributed by atoms with Gasteiger partial charge in [0.05, 0.1) is 32.8 Å². The van der Waals surface area contributed by atoms with Crippen LogP contribution in [-0.4, -0.2) is 62.9 Å². The van der Waals surface area contributed by atoms with Gasteiger partial charge in [-0.1, -0.05) is 0 Å². The van der Waals surface area contributed by atoms with Crippen LogP contribution in [0, 0.1) is 0 Å². The van der Waals surface area contributed by atoms with Gasteiger partial charge in [-0.3, -0.25) is 4.79 Å². The van der Waals surface area contributed by atoms with E-state index in [0.717, 1.165) is 0 Å². The van der Waals surface area contributed by atoms with Gasteiger partial charge in [0.1, 0.15) is 5.57 Å². The Kier molecular flexibility index (Phi) is 7.88. The van der Waals surface area contributed by atoms with Crippen LogP contribution in [0.5, 0.6) is 11.5 Å². The molecule has 182 valence electrons. The van der Waals surface area contributed by atoms with Gasteiger partial charge in [0.25, 0.3) is 0 Å². The molecule has 0 aliphatic carbocycles. The minimum absolute atomic E-state index is 0.0616. The summed E-state index contributed by atoms with van der Waals surface area (Å²) in [6.45, 7) is 2.52. The molecule has 0 fully saturated rings. The highest BCUT2D eigenvalue weighted by Crippen LogP contribution is 2.45. The predicted octanol–water partition coefficient (Wildman–Crippen LogP) is 3.75. The van der Waals surface area contributed by atoms with Gasteiger partial charge in [0.2, 0.25) is 0 Å². The van der Waals surface area contributed by atoms with Gasteiger partial charge < -0.3 is 23.8 Å². The van der Waals surface area contributed by atoms with Crippen molar-refractivity contribution < 1.29 is 41.7 Å². The summed E-state index contributed by atoms with van der Waals surface area (Å²) >= 11 is 0. The van der Waals surface area contributed by atoms with Crippen molar-refractivity contribution in [2.45, 2.75) is 50.9 Å². The van der Waals surface area contributed by atoms with Crippen LogP contribution in [0.15, 0.2) is 23.9 Å². The van der Waals surface area contributed by atoms with Crippen LogP contribution >= 0.6 is 0 Å². The van der Waals surface area contributed by atoms with Gasteiger partial charge in [-0.15, -0.1) is 0 Å². The van der Waals surface area contributed by atoms with Crippen molar-refractivity contribution >= 4 is 11.8 Å². The molecule has 0 N–H and O–H groups in total. The number of fused-ring (bicyclic) bond motifs is 3. The quantitative estimate of drug-likeness (QED) is 0.309. The number of rotatable bonds is 9. The third kappa shape index (κ3) is 5.79. The first-order valence-corrected chi connectivity index (χ1v) is 10.8. The van der Waals surface area contributed by atoms with Gasteiger partial charge >= 0.3 is 12.1 Å². The number of benzene rings is 1. The first-order chi connectivity index (χ1) is 15.7. The number of methoxy groups -OCH3 is 2. The fourth-order valence-corrected chi connectivity index (χ4v) is 4.27. The van der Waals surface area contributed by atoms with Crippen LogP contribution in [0.25, 0.3) is 0 Å². The minimum atomic E-state index is -4.42. The van der Waals surface area contributed by atoms with Gasteiger partial charge in [-0.2, -0.15) is 13.2 Å². The monoisotopic (exact) mass is 471 g/mol. The number of ketones is 1. The van der Waals surface area contributed by atoms with Crippen molar-refractivity contribution in [2.75, 3.05) is 34.0 Å². The van der Waals surface area contributed by atoms with E-state index in [4.69, 9.17) is 18.9 Å². The number of hydrogen-bond donors (Lipinski definition) is 0. The summed E-state index contributed by atoms with van der Waals surface area (Å²) in [7, 11) is 3.06. The molecule has 0 amide bonds. The number of esters is 1. The highest BCUT2D eigenvalue weighted by molar-refractivity contribution is 6.17. The molecule has 2 atom stereocenters. The van der Waals surface area contributed by atoms with E-state index < -0.39 is 36.4 Å². The number of Topliss-reactive ketones (excluding diaryl/α,β-unsaturated/α-hetero) is 1. The highest BCUT2D eigenvalue weighted by Gasteiger charge is 2.44. The van der Waals surface area contributed by atoms with Gasteiger partial charge in [-0.05, 0) is 36.6 Å². The fourth-order valence-electron chi connectivity index (χ4n) is 4.27. The lowest BCUT2D eigenvalue weighted by Gasteiger charge is -2.45. The Hall–Kier alpha value is -2.75. The van der Waals surface area contributed by atoms with Crippen molar-refractivity contribution in [3.63, 3.8) is 0 Å². The van der Waals surface area contributed by atoms with E-state index in [9.17, 15) is 22.8 Å². The average molecular weight is 471 g/mol. The Morgan fingerprint density at radius 2 is 1.91 bits per heavy atom. The Morgan fingerprint density at radius 1 is 1.15 bits per heavy atom. The lowest BCUT2D eigenvalue weighted by atomic mass is 9.82. The van der Waals surface area contributed by atoms with Crippen LogP contribution in [-0.2, 0) is 25.5 Å². The molecule has 2 unspecified atom stereocenters. The fraction of sp³-hybridized carbons (Fsp3) is 0.565. The van der Waals surface area contributed by atoms with Crippen molar-refractivity contribution in [2.24, 2.45) is 0 Å². The van der Waals surface area contributed by atoms with E-state index in [2.05, 4.69) is 0 Å². The molecule has 0 bridgehead atoms. The van der Waals surface area contributed by atoms with Crippen molar-refractivity contribution in [1.82, 2.24) is 4.90 Å². The molecule has 3 rings (SSSR count). The van der Waals surface area contributed by atoms with Crippen LogP contribution in [0.3, 0.4) is 0 Å². The summed E-state index contributed by atoms with van der Waals surface area (Å²) in [5.74, 6) is -0.438. The zero-order valence-corrected chi connectivity index (χ0v) is 18.9. The lowest BCUT2D eigenvalue weighted by molar-refractivity contribution is -0.148. The summed E-state index contributed by atoms with van der Waals surface area (Å²) in [5, 5.41) is 0. The molecule has 2 heterocycles. The summed E-state index contributed by atoms with van der Waals surface area (Å²) in [6.07, 6.45) is -3.69. The molecule has 1 aromatic rings. The van der Waals surface area contributed by atoms with Crippen molar-refractivity contribution in [1.29, 1.82) is 0 Å². The van der Waals surface area contributed by atoms with Crippen LogP contribution in [0.4, 0.5) is 13.2 Å². The molecule has 10 heteroatoms. The molecule has 7 nitrogen and oxygen atoms in total. The summed E-state index contributed by atoms with van der Waals surface area (Å²) in [4.78, 5) is 26.4. The van der Waals surface area contributed by atoms with E-state index in [0.29, 0.717) is 42.3 Å². The molecule has 1 aromatic carbocycles. The lowest BCUT2D eigenvalue weighted by Crippen LogP contribution is -2.46. The second kappa shape index (κ2) is 10.5. The molecule has 0 radical (unpaired) electrons.